The zero-order valence-corrected chi connectivity index (χ0v) is 13.6. The van der Waals surface area contributed by atoms with Gasteiger partial charge in [-0.25, -0.2) is 0 Å². The van der Waals surface area contributed by atoms with Gasteiger partial charge in [-0.15, -0.1) is 0 Å². The van der Waals surface area contributed by atoms with Crippen LogP contribution < -0.4 is 0 Å². The maximum absolute atomic E-state index is 10.1. The summed E-state index contributed by atoms with van der Waals surface area (Å²) >= 11 is 3.52. The van der Waals surface area contributed by atoms with Crippen molar-refractivity contribution in [3.63, 3.8) is 0 Å². The molecule has 0 aliphatic rings. The van der Waals surface area contributed by atoms with Crippen LogP contribution in [0.3, 0.4) is 0 Å². The van der Waals surface area contributed by atoms with Crippen molar-refractivity contribution in [2.24, 2.45) is 0 Å². The Morgan fingerprint density at radius 1 is 0.895 bits per heavy atom. The van der Waals surface area contributed by atoms with Gasteiger partial charge in [0.15, 0.2) is 11.5 Å². The van der Waals surface area contributed by atoms with E-state index >= 15 is 0 Å². The van der Waals surface area contributed by atoms with Gasteiger partial charge < -0.3 is 10.2 Å². The molecule has 0 unspecified atom stereocenters. The van der Waals surface area contributed by atoms with Gasteiger partial charge in [0.2, 0.25) is 0 Å². The fourth-order valence-corrected chi connectivity index (χ4v) is 3.01. The molecule has 0 spiro atoms. The van der Waals surface area contributed by atoms with Gasteiger partial charge in [-0.2, -0.15) is 0 Å². The zero-order valence-electron chi connectivity index (χ0n) is 12.0. The number of unbranched alkanes of at least 4 members (excludes halogenated alkanes) is 4. The summed E-state index contributed by atoms with van der Waals surface area (Å²) in [6.45, 7) is 4.35. The Bertz CT molecular complexity index is 402. The quantitative estimate of drug-likeness (QED) is 0.500. The largest absolute Gasteiger partial charge is 0.504 e. The molecule has 0 aromatic heterocycles. The van der Waals surface area contributed by atoms with E-state index in [-0.39, 0.29) is 11.5 Å². The zero-order chi connectivity index (χ0) is 14.3. The second-order valence-electron chi connectivity index (χ2n) is 5.10. The molecule has 0 aliphatic heterocycles. The summed E-state index contributed by atoms with van der Waals surface area (Å²) < 4.78 is 0.922. The monoisotopic (exact) mass is 328 g/mol. The molecule has 2 N–H and O–H groups in total. The van der Waals surface area contributed by atoms with Crippen LogP contribution in [0.25, 0.3) is 0 Å². The molecule has 0 bridgehead atoms. The minimum atomic E-state index is -0.0161. The van der Waals surface area contributed by atoms with Crippen LogP contribution in [-0.2, 0) is 12.8 Å². The van der Waals surface area contributed by atoms with Gasteiger partial charge in [0.25, 0.3) is 0 Å². The lowest BCUT2D eigenvalue weighted by atomic mass is 9.96. The summed E-state index contributed by atoms with van der Waals surface area (Å²) in [5.41, 5.74) is 2.09. The van der Waals surface area contributed by atoms with Gasteiger partial charge >= 0.3 is 0 Å². The SMILES string of the molecule is CCCCCc1c(Br)cc(O)c(O)c1CCCCC. The Morgan fingerprint density at radius 3 is 1.95 bits per heavy atom. The van der Waals surface area contributed by atoms with Crippen molar-refractivity contribution < 1.29 is 10.2 Å². The molecule has 3 heteroatoms. The predicted octanol–water partition coefficient (Wildman–Crippen LogP) is 5.33. The summed E-state index contributed by atoms with van der Waals surface area (Å²) in [7, 11) is 0. The van der Waals surface area contributed by atoms with Crippen LogP contribution in [0.1, 0.15) is 63.5 Å². The fourth-order valence-electron chi connectivity index (χ4n) is 2.36. The van der Waals surface area contributed by atoms with Crippen molar-refractivity contribution in [3.05, 3.63) is 21.7 Å². The van der Waals surface area contributed by atoms with E-state index in [9.17, 15) is 10.2 Å². The van der Waals surface area contributed by atoms with E-state index < -0.39 is 0 Å². The molecule has 0 heterocycles. The number of halogens is 1. The molecular weight excluding hydrogens is 304 g/mol. The highest BCUT2D eigenvalue weighted by Crippen LogP contribution is 2.38. The van der Waals surface area contributed by atoms with E-state index in [2.05, 4.69) is 29.8 Å². The van der Waals surface area contributed by atoms with Crippen LogP contribution in [0.4, 0.5) is 0 Å². The van der Waals surface area contributed by atoms with Crippen LogP contribution in [0.2, 0.25) is 0 Å². The number of hydrogen-bond acceptors (Lipinski definition) is 2. The van der Waals surface area contributed by atoms with E-state index in [4.69, 9.17) is 0 Å². The Kier molecular flexibility index (Phi) is 7.29. The maximum Gasteiger partial charge on any atom is 0.161 e. The van der Waals surface area contributed by atoms with Crippen LogP contribution in [0, 0.1) is 0 Å². The number of phenolic OH excluding ortho intramolecular Hbond substituents is 2. The first-order chi connectivity index (χ1) is 9.11. The van der Waals surface area contributed by atoms with Gasteiger partial charge in [0.1, 0.15) is 0 Å². The molecule has 0 saturated carbocycles. The normalized spacial score (nSPS) is 10.9. The molecule has 1 rings (SSSR count). The molecule has 0 aliphatic carbocycles. The molecule has 19 heavy (non-hydrogen) atoms. The van der Waals surface area contributed by atoms with E-state index in [1.54, 1.807) is 6.07 Å². The second-order valence-corrected chi connectivity index (χ2v) is 5.95. The molecule has 0 fully saturated rings. The molecule has 0 atom stereocenters. The van der Waals surface area contributed by atoms with E-state index in [1.165, 1.54) is 18.4 Å². The van der Waals surface area contributed by atoms with Crippen LogP contribution >= 0.6 is 15.9 Å². The third-order valence-electron chi connectivity index (χ3n) is 3.51. The summed E-state index contributed by atoms with van der Waals surface area (Å²) in [4.78, 5) is 0. The lowest BCUT2D eigenvalue weighted by molar-refractivity contribution is 0.397. The first kappa shape index (κ1) is 16.4. The highest BCUT2D eigenvalue weighted by molar-refractivity contribution is 9.10. The maximum atomic E-state index is 10.1. The van der Waals surface area contributed by atoms with Gasteiger partial charge in [0.05, 0.1) is 0 Å². The summed E-state index contributed by atoms with van der Waals surface area (Å²) in [6.07, 6.45) is 8.68. The average molecular weight is 329 g/mol. The van der Waals surface area contributed by atoms with E-state index in [1.807, 2.05) is 0 Å². The van der Waals surface area contributed by atoms with Crippen molar-refractivity contribution >= 4 is 15.9 Å². The van der Waals surface area contributed by atoms with Crippen LogP contribution in [-0.4, -0.2) is 10.2 Å². The lowest BCUT2D eigenvalue weighted by Crippen LogP contribution is -1.98. The van der Waals surface area contributed by atoms with Gasteiger partial charge in [-0.05, 0) is 37.3 Å². The number of aromatic hydroxyl groups is 2. The molecule has 1 aromatic rings. The minimum Gasteiger partial charge on any atom is -0.504 e. The van der Waals surface area contributed by atoms with Crippen LogP contribution in [0.5, 0.6) is 11.5 Å². The predicted molar refractivity (Wildman–Crippen MR) is 83.9 cm³/mol. The number of hydrogen-bond donors (Lipinski definition) is 2. The Hall–Kier alpha value is -0.700. The molecule has 0 amide bonds. The summed E-state index contributed by atoms with van der Waals surface area (Å²) in [5.74, 6) is 0.0587. The van der Waals surface area contributed by atoms with Crippen molar-refractivity contribution in [2.75, 3.05) is 0 Å². The molecule has 1 aromatic carbocycles. The van der Waals surface area contributed by atoms with Crippen molar-refractivity contribution in [1.82, 2.24) is 0 Å². The van der Waals surface area contributed by atoms with Crippen LogP contribution in [0.15, 0.2) is 10.5 Å². The highest BCUT2D eigenvalue weighted by Gasteiger charge is 2.15. The molecular formula is C16H25BrO2. The van der Waals surface area contributed by atoms with Crippen molar-refractivity contribution in [1.29, 1.82) is 0 Å². The number of benzene rings is 1. The Labute approximate surface area is 125 Å². The van der Waals surface area contributed by atoms with E-state index in [0.717, 1.165) is 48.6 Å². The first-order valence-corrected chi connectivity index (χ1v) is 8.13. The van der Waals surface area contributed by atoms with E-state index in [0.29, 0.717) is 0 Å². The second kappa shape index (κ2) is 8.47. The topological polar surface area (TPSA) is 40.5 Å². The standard InChI is InChI=1S/C16H25BrO2/c1-3-5-7-9-12-13(10-8-6-4-2)16(19)15(18)11-14(12)17/h11,18-19H,3-10H2,1-2H3. The fraction of sp³-hybridized carbons (Fsp3) is 0.625. The average Bonchev–Trinajstić information content (AvgIpc) is 2.38. The molecule has 2 nitrogen and oxygen atoms in total. The third kappa shape index (κ3) is 4.72. The number of phenols is 2. The first-order valence-electron chi connectivity index (χ1n) is 7.33. The van der Waals surface area contributed by atoms with Crippen molar-refractivity contribution in [2.45, 2.75) is 65.2 Å². The van der Waals surface area contributed by atoms with Crippen molar-refractivity contribution in [3.8, 4) is 11.5 Å². The lowest BCUT2D eigenvalue weighted by Gasteiger charge is -2.15. The molecule has 0 radical (unpaired) electrons. The Balaban J connectivity index is 2.93. The Morgan fingerprint density at radius 2 is 1.42 bits per heavy atom. The highest BCUT2D eigenvalue weighted by atomic mass is 79.9. The molecule has 108 valence electrons. The van der Waals surface area contributed by atoms with Gasteiger partial charge in [-0.1, -0.05) is 55.5 Å². The summed E-state index contributed by atoms with van der Waals surface area (Å²) in [6, 6.07) is 1.61. The summed E-state index contributed by atoms with van der Waals surface area (Å²) in [5, 5.41) is 19.8. The molecule has 0 saturated heterocycles. The number of rotatable bonds is 8. The third-order valence-corrected chi connectivity index (χ3v) is 4.21. The minimum absolute atomic E-state index is 0.0161. The smallest absolute Gasteiger partial charge is 0.161 e. The van der Waals surface area contributed by atoms with Gasteiger partial charge in [-0.3, -0.25) is 0 Å². The van der Waals surface area contributed by atoms with Gasteiger partial charge in [0, 0.05) is 10.0 Å².